The van der Waals surface area contributed by atoms with E-state index < -0.39 is 11.4 Å². The maximum Gasteiger partial charge on any atom is 0.217 e. The van der Waals surface area contributed by atoms with Crippen molar-refractivity contribution in [1.29, 1.82) is 5.41 Å². The minimum Gasteiger partial charge on any atom is -0.479 e. The smallest absolute Gasteiger partial charge is 0.217 e. The van der Waals surface area contributed by atoms with Crippen LogP contribution in [0.1, 0.15) is 33.6 Å². The summed E-state index contributed by atoms with van der Waals surface area (Å²) in [7, 11) is 0. The standard InChI is InChI=1S/C13H21BrFNO2/c1-5-11(15)10(4)13(17,8-7-9(3)14)12(16)18-6-2/h5,9,16-17H,1,6-8H2,2-4H3/b11-10-,16-12?. The molecule has 0 rings (SSSR count). The van der Waals surface area contributed by atoms with E-state index in [9.17, 15) is 9.50 Å². The van der Waals surface area contributed by atoms with Crippen LogP contribution in [0.4, 0.5) is 4.39 Å². The van der Waals surface area contributed by atoms with Crippen LogP contribution in [0.2, 0.25) is 0 Å². The van der Waals surface area contributed by atoms with Crippen molar-refractivity contribution in [2.24, 2.45) is 0 Å². The van der Waals surface area contributed by atoms with E-state index in [2.05, 4.69) is 22.5 Å². The predicted molar refractivity (Wildman–Crippen MR) is 75.9 cm³/mol. The van der Waals surface area contributed by atoms with E-state index in [1.165, 1.54) is 6.92 Å². The minimum atomic E-state index is -1.71. The zero-order valence-electron chi connectivity index (χ0n) is 11.1. The van der Waals surface area contributed by atoms with Crippen LogP contribution in [0.3, 0.4) is 0 Å². The molecule has 0 spiro atoms. The van der Waals surface area contributed by atoms with Gasteiger partial charge in [-0.25, -0.2) is 4.39 Å². The Kier molecular flexibility index (Phi) is 7.40. The Morgan fingerprint density at radius 2 is 2.22 bits per heavy atom. The third-order valence-electron chi connectivity index (χ3n) is 2.73. The first kappa shape index (κ1) is 17.3. The Labute approximate surface area is 116 Å². The van der Waals surface area contributed by atoms with E-state index in [1.807, 2.05) is 6.92 Å². The monoisotopic (exact) mass is 321 g/mol. The highest BCUT2D eigenvalue weighted by molar-refractivity contribution is 9.09. The normalized spacial score (nSPS) is 17.4. The molecule has 0 aromatic heterocycles. The first-order valence-corrected chi connectivity index (χ1v) is 6.78. The number of allylic oxidation sites excluding steroid dienone is 2. The average Bonchev–Trinajstić information content (AvgIpc) is 2.34. The SMILES string of the molecule is C=C/C(F)=C(\C)C(O)(CCC(C)Br)C(=N)OCC. The molecule has 18 heavy (non-hydrogen) atoms. The number of halogens is 2. The Morgan fingerprint density at radius 1 is 1.67 bits per heavy atom. The lowest BCUT2D eigenvalue weighted by Gasteiger charge is -2.29. The van der Waals surface area contributed by atoms with Gasteiger partial charge in [0.1, 0.15) is 5.83 Å². The molecule has 2 atom stereocenters. The van der Waals surface area contributed by atoms with Gasteiger partial charge in [-0.2, -0.15) is 0 Å². The van der Waals surface area contributed by atoms with Crippen molar-refractivity contribution in [3.63, 3.8) is 0 Å². The van der Waals surface area contributed by atoms with Crippen molar-refractivity contribution in [3.8, 4) is 0 Å². The van der Waals surface area contributed by atoms with E-state index in [0.717, 1.165) is 6.08 Å². The van der Waals surface area contributed by atoms with E-state index >= 15 is 0 Å². The molecule has 0 bridgehead atoms. The van der Waals surface area contributed by atoms with Crippen LogP contribution in [0, 0.1) is 5.41 Å². The van der Waals surface area contributed by atoms with Crippen LogP contribution in [0.5, 0.6) is 0 Å². The third-order valence-corrected chi connectivity index (χ3v) is 3.18. The summed E-state index contributed by atoms with van der Waals surface area (Å²) in [6.07, 6.45) is 1.83. The van der Waals surface area contributed by atoms with Gasteiger partial charge in [0.15, 0.2) is 5.60 Å². The number of nitrogens with one attached hydrogen (secondary N) is 1. The van der Waals surface area contributed by atoms with E-state index in [1.54, 1.807) is 6.92 Å². The Balaban J connectivity index is 5.27. The fraction of sp³-hybridized carbons (Fsp3) is 0.615. The average molecular weight is 322 g/mol. The number of hydrogen-bond acceptors (Lipinski definition) is 3. The van der Waals surface area contributed by atoms with Gasteiger partial charge < -0.3 is 9.84 Å². The lowest BCUT2D eigenvalue weighted by atomic mass is 9.88. The number of rotatable bonds is 7. The maximum absolute atomic E-state index is 13.6. The molecule has 0 heterocycles. The zero-order valence-corrected chi connectivity index (χ0v) is 12.7. The fourth-order valence-electron chi connectivity index (χ4n) is 1.49. The van der Waals surface area contributed by atoms with Crippen molar-refractivity contribution < 1.29 is 14.2 Å². The van der Waals surface area contributed by atoms with Crippen molar-refractivity contribution >= 4 is 21.8 Å². The molecule has 0 fully saturated rings. The third kappa shape index (κ3) is 4.53. The van der Waals surface area contributed by atoms with Crippen molar-refractivity contribution in [3.05, 3.63) is 24.1 Å². The second kappa shape index (κ2) is 7.69. The summed E-state index contributed by atoms with van der Waals surface area (Å²) in [4.78, 5) is 0.165. The maximum atomic E-state index is 13.6. The number of ether oxygens (including phenoxy) is 1. The van der Waals surface area contributed by atoms with Gasteiger partial charge in [-0.3, -0.25) is 5.41 Å². The molecule has 0 aliphatic carbocycles. The molecule has 0 aromatic rings. The highest BCUT2D eigenvalue weighted by Gasteiger charge is 2.37. The van der Waals surface area contributed by atoms with Gasteiger partial charge in [0.05, 0.1) is 6.61 Å². The lowest BCUT2D eigenvalue weighted by Crippen LogP contribution is -2.41. The molecule has 2 unspecified atom stereocenters. The van der Waals surface area contributed by atoms with Crippen molar-refractivity contribution in [2.45, 2.75) is 44.0 Å². The molecule has 0 amide bonds. The number of aliphatic hydroxyl groups is 1. The van der Waals surface area contributed by atoms with E-state index in [4.69, 9.17) is 10.1 Å². The van der Waals surface area contributed by atoms with E-state index in [0.29, 0.717) is 6.42 Å². The van der Waals surface area contributed by atoms with Crippen LogP contribution in [0.15, 0.2) is 24.1 Å². The minimum absolute atomic E-state index is 0.0594. The highest BCUT2D eigenvalue weighted by Crippen LogP contribution is 2.29. The molecule has 3 nitrogen and oxygen atoms in total. The zero-order chi connectivity index (χ0) is 14.3. The van der Waals surface area contributed by atoms with Crippen molar-refractivity contribution in [2.75, 3.05) is 6.61 Å². The summed E-state index contributed by atoms with van der Waals surface area (Å²) >= 11 is 3.37. The van der Waals surface area contributed by atoms with Crippen LogP contribution < -0.4 is 0 Å². The van der Waals surface area contributed by atoms with Crippen LogP contribution in [0.25, 0.3) is 0 Å². The van der Waals surface area contributed by atoms with Crippen LogP contribution in [-0.4, -0.2) is 28.0 Å². The number of hydrogen-bond donors (Lipinski definition) is 2. The largest absolute Gasteiger partial charge is 0.479 e. The van der Waals surface area contributed by atoms with E-state index in [-0.39, 0.29) is 29.3 Å². The fourth-order valence-corrected chi connectivity index (χ4v) is 1.72. The summed E-state index contributed by atoms with van der Waals surface area (Å²) in [5.74, 6) is -0.947. The van der Waals surface area contributed by atoms with Crippen LogP contribution in [-0.2, 0) is 4.74 Å². The molecule has 2 N–H and O–H groups in total. The predicted octanol–water partition coefficient (Wildman–Crippen LogP) is 3.72. The molecule has 0 radical (unpaired) electrons. The summed E-state index contributed by atoms with van der Waals surface area (Å²) in [5, 5.41) is 18.3. The van der Waals surface area contributed by atoms with Gasteiger partial charge in [0, 0.05) is 10.4 Å². The molecule has 0 aliphatic heterocycles. The molecule has 0 aliphatic rings. The summed E-state index contributed by atoms with van der Waals surface area (Å²) in [6, 6.07) is 0. The van der Waals surface area contributed by atoms with Crippen LogP contribution >= 0.6 is 15.9 Å². The Morgan fingerprint density at radius 3 is 2.61 bits per heavy atom. The van der Waals surface area contributed by atoms with Gasteiger partial charge in [0.2, 0.25) is 5.90 Å². The Bertz CT molecular complexity index is 342. The van der Waals surface area contributed by atoms with Gasteiger partial charge in [-0.15, -0.1) is 0 Å². The Hall–Kier alpha value is -0.680. The summed E-state index contributed by atoms with van der Waals surface area (Å²) < 4.78 is 18.6. The molecule has 0 saturated carbocycles. The second-order valence-electron chi connectivity index (χ2n) is 4.12. The quantitative estimate of drug-likeness (QED) is 0.325. The lowest BCUT2D eigenvalue weighted by molar-refractivity contribution is 0.0989. The summed E-state index contributed by atoms with van der Waals surface area (Å²) in [5.41, 5.74) is -1.65. The first-order chi connectivity index (χ1) is 8.29. The van der Waals surface area contributed by atoms with Gasteiger partial charge >= 0.3 is 0 Å². The first-order valence-electron chi connectivity index (χ1n) is 5.87. The molecule has 0 aromatic carbocycles. The topological polar surface area (TPSA) is 53.3 Å². The molecule has 104 valence electrons. The molecular weight excluding hydrogens is 301 g/mol. The molecule has 5 heteroatoms. The molecule has 0 saturated heterocycles. The van der Waals surface area contributed by atoms with Gasteiger partial charge in [0.25, 0.3) is 0 Å². The summed E-state index contributed by atoms with van der Waals surface area (Å²) in [6.45, 7) is 8.67. The number of alkyl halides is 1. The van der Waals surface area contributed by atoms with Gasteiger partial charge in [-0.05, 0) is 32.8 Å². The van der Waals surface area contributed by atoms with Gasteiger partial charge in [-0.1, -0.05) is 29.4 Å². The molecular formula is C13H21BrFNO2. The van der Waals surface area contributed by atoms with Crippen molar-refractivity contribution in [1.82, 2.24) is 0 Å². The highest BCUT2D eigenvalue weighted by atomic mass is 79.9. The second-order valence-corrected chi connectivity index (χ2v) is 5.68.